The van der Waals surface area contributed by atoms with Crippen molar-refractivity contribution in [3.8, 4) is 11.8 Å². The molecule has 170 valence electrons. The van der Waals surface area contributed by atoms with Gasteiger partial charge in [0, 0.05) is 18.7 Å². The number of nitrogens with zero attached hydrogens (tertiary/aromatic N) is 4. The summed E-state index contributed by atoms with van der Waals surface area (Å²) in [6.07, 6.45) is 3.25. The number of hydrogen-bond donors (Lipinski definition) is 0. The van der Waals surface area contributed by atoms with Crippen LogP contribution in [0.2, 0.25) is 0 Å². The maximum Gasteiger partial charge on any atom is 0.354 e. The molecule has 1 fully saturated rings. The molecule has 4 rings (SSSR count). The molecule has 1 aliphatic heterocycles. The molecule has 0 unspecified atom stereocenters. The largest absolute Gasteiger partial charge is 0.464 e. The zero-order valence-electron chi connectivity index (χ0n) is 18.8. The van der Waals surface area contributed by atoms with Crippen molar-refractivity contribution < 1.29 is 14.3 Å². The second-order valence-electron chi connectivity index (χ2n) is 7.91. The minimum absolute atomic E-state index is 0.00398. The Labute approximate surface area is 191 Å². The van der Waals surface area contributed by atoms with E-state index in [1.54, 1.807) is 35.8 Å². The van der Waals surface area contributed by atoms with E-state index in [0.717, 1.165) is 32.4 Å². The van der Waals surface area contributed by atoms with Gasteiger partial charge in [0.2, 0.25) is 5.95 Å². The van der Waals surface area contributed by atoms with Crippen LogP contribution in [0.3, 0.4) is 0 Å². The first kappa shape index (κ1) is 22.3. The summed E-state index contributed by atoms with van der Waals surface area (Å²) in [4.78, 5) is 46.0. The lowest BCUT2D eigenvalue weighted by atomic mass is 10.1. The van der Waals surface area contributed by atoms with E-state index in [4.69, 9.17) is 9.72 Å². The molecule has 33 heavy (non-hydrogen) atoms. The lowest BCUT2D eigenvalue weighted by Crippen LogP contribution is -2.33. The van der Waals surface area contributed by atoms with Gasteiger partial charge in [0.05, 0.1) is 25.7 Å². The lowest BCUT2D eigenvalue weighted by Gasteiger charge is -2.27. The number of imidazole rings is 1. The van der Waals surface area contributed by atoms with Gasteiger partial charge in [0.15, 0.2) is 5.78 Å². The predicted molar refractivity (Wildman–Crippen MR) is 126 cm³/mol. The minimum atomic E-state index is -0.697. The predicted octanol–water partition coefficient (Wildman–Crippen LogP) is 2.88. The Morgan fingerprint density at radius 2 is 1.82 bits per heavy atom. The van der Waals surface area contributed by atoms with Crippen molar-refractivity contribution in [1.82, 2.24) is 14.1 Å². The number of benzene rings is 1. The number of piperidine rings is 1. The van der Waals surface area contributed by atoms with Crippen molar-refractivity contribution in [2.45, 2.75) is 39.3 Å². The van der Waals surface area contributed by atoms with Gasteiger partial charge in [0.1, 0.15) is 11.2 Å². The number of carbonyl (C=O) groups is 2. The fourth-order valence-corrected chi connectivity index (χ4v) is 4.16. The molecule has 0 atom stereocenters. The van der Waals surface area contributed by atoms with Gasteiger partial charge in [0.25, 0.3) is 5.56 Å². The molecule has 0 bridgehead atoms. The highest BCUT2D eigenvalue weighted by Crippen LogP contribution is 2.24. The summed E-state index contributed by atoms with van der Waals surface area (Å²) in [5, 5.41) is 0. The number of Topliss-reactive ketones (excluding diaryl/α,β-unsaturated/α-hetero) is 1. The quantitative estimate of drug-likeness (QED) is 0.329. The van der Waals surface area contributed by atoms with Crippen LogP contribution < -0.4 is 10.5 Å². The Hall–Kier alpha value is -3.86. The summed E-state index contributed by atoms with van der Waals surface area (Å²) in [7, 11) is 1.25. The van der Waals surface area contributed by atoms with Crippen molar-refractivity contribution in [3.63, 3.8) is 0 Å². The van der Waals surface area contributed by atoms with Crippen LogP contribution >= 0.6 is 0 Å². The molecule has 1 aromatic carbocycles. The number of fused-ring (bicyclic) bond motifs is 1. The number of pyridine rings is 1. The Kier molecular flexibility index (Phi) is 6.59. The fourth-order valence-electron chi connectivity index (χ4n) is 4.16. The van der Waals surface area contributed by atoms with Crippen LogP contribution in [0, 0.1) is 11.8 Å². The molecule has 1 saturated heterocycles. The molecule has 0 radical (unpaired) electrons. The molecule has 0 N–H and O–H groups in total. The summed E-state index contributed by atoms with van der Waals surface area (Å²) >= 11 is 0. The summed E-state index contributed by atoms with van der Waals surface area (Å²) in [6.45, 7) is 3.43. The third-order valence-corrected chi connectivity index (χ3v) is 5.83. The number of ether oxygens (including phenoxy) is 1. The van der Waals surface area contributed by atoms with Gasteiger partial charge in [-0.2, -0.15) is 0 Å². The molecule has 1 aliphatic rings. The Morgan fingerprint density at radius 3 is 2.48 bits per heavy atom. The van der Waals surface area contributed by atoms with Gasteiger partial charge in [-0.1, -0.05) is 36.3 Å². The molecular weight excluding hydrogens is 420 g/mol. The Balaban J connectivity index is 1.91. The number of esters is 1. The van der Waals surface area contributed by atoms with Crippen LogP contribution in [-0.2, 0) is 17.8 Å². The monoisotopic (exact) mass is 446 g/mol. The Morgan fingerprint density at radius 1 is 1.09 bits per heavy atom. The second kappa shape index (κ2) is 9.74. The molecule has 0 saturated carbocycles. The van der Waals surface area contributed by atoms with Gasteiger partial charge >= 0.3 is 5.97 Å². The fraction of sp³-hybridized carbons (Fsp3) is 0.360. The molecule has 3 aromatic rings. The summed E-state index contributed by atoms with van der Waals surface area (Å²) < 4.78 is 7.89. The van der Waals surface area contributed by atoms with E-state index >= 15 is 0 Å². The molecular formula is C25H26N4O4. The van der Waals surface area contributed by atoms with E-state index in [-0.39, 0.29) is 24.6 Å². The van der Waals surface area contributed by atoms with Gasteiger partial charge < -0.3 is 9.64 Å². The highest BCUT2D eigenvalue weighted by molar-refractivity contribution is 5.97. The summed E-state index contributed by atoms with van der Waals surface area (Å²) in [5.74, 6) is 5.58. The highest BCUT2D eigenvalue weighted by atomic mass is 16.5. The van der Waals surface area contributed by atoms with Crippen LogP contribution in [0.5, 0.6) is 0 Å². The van der Waals surface area contributed by atoms with E-state index in [9.17, 15) is 14.4 Å². The smallest absolute Gasteiger partial charge is 0.354 e. The van der Waals surface area contributed by atoms with E-state index < -0.39 is 11.5 Å². The van der Waals surface area contributed by atoms with Gasteiger partial charge in [-0.15, -0.1) is 5.92 Å². The van der Waals surface area contributed by atoms with Gasteiger partial charge in [-0.05, 0) is 32.3 Å². The van der Waals surface area contributed by atoms with E-state index in [2.05, 4.69) is 16.7 Å². The third-order valence-electron chi connectivity index (χ3n) is 5.83. The molecule has 0 amide bonds. The van der Waals surface area contributed by atoms with Crippen LogP contribution in [0.1, 0.15) is 47.0 Å². The van der Waals surface area contributed by atoms with E-state index in [1.165, 1.54) is 17.7 Å². The number of aromatic nitrogens is 3. The lowest BCUT2D eigenvalue weighted by molar-refractivity contribution is 0.0587. The van der Waals surface area contributed by atoms with Crippen LogP contribution in [0.4, 0.5) is 5.95 Å². The zero-order valence-corrected chi connectivity index (χ0v) is 18.8. The minimum Gasteiger partial charge on any atom is -0.464 e. The van der Waals surface area contributed by atoms with Crippen LogP contribution in [0.15, 0.2) is 41.2 Å². The standard InChI is InChI=1S/C25H26N4O4/c1-3-4-15-28-22-19(26-25(28)27-13-9-6-10-14-27)16-20(24(32)33-2)29(23(22)31)17-21(30)18-11-7-5-8-12-18/h5,7-8,11-12,16H,6,9-10,13-15,17H2,1-2H3. The number of rotatable bonds is 6. The van der Waals surface area contributed by atoms with Crippen molar-refractivity contribution >= 4 is 28.7 Å². The number of carbonyl (C=O) groups excluding carboxylic acids is 2. The van der Waals surface area contributed by atoms with Crippen molar-refractivity contribution in [1.29, 1.82) is 0 Å². The first-order valence-electron chi connectivity index (χ1n) is 11.0. The highest BCUT2D eigenvalue weighted by Gasteiger charge is 2.25. The Bertz CT molecular complexity index is 1310. The summed E-state index contributed by atoms with van der Waals surface area (Å²) in [6, 6.07) is 10.2. The topological polar surface area (TPSA) is 86.4 Å². The SMILES string of the molecule is CC#CCn1c(N2CCCCC2)nc2cc(C(=O)OC)n(CC(=O)c3ccccc3)c(=O)c21. The third kappa shape index (κ3) is 4.40. The van der Waals surface area contributed by atoms with Crippen LogP contribution in [0.25, 0.3) is 11.0 Å². The van der Waals surface area contributed by atoms with Gasteiger partial charge in [-0.3, -0.25) is 18.7 Å². The molecule has 0 spiro atoms. The molecule has 2 aromatic heterocycles. The van der Waals surface area contributed by atoms with Crippen molar-refractivity contribution in [2.75, 3.05) is 25.1 Å². The van der Waals surface area contributed by atoms with Crippen molar-refractivity contribution in [3.05, 3.63) is 58.0 Å². The number of ketones is 1. The first-order chi connectivity index (χ1) is 16.0. The second-order valence-corrected chi connectivity index (χ2v) is 7.91. The van der Waals surface area contributed by atoms with Crippen molar-refractivity contribution in [2.24, 2.45) is 0 Å². The zero-order chi connectivity index (χ0) is 23.4. The normalized spacial score (nSPS) is 13.5. The molecule has 8 heteroatoms. The number of hydrogen-bond acceptors (Lipinski definition) is 6. The first-order valence-corrected chi connectivity index (χ1v) is 11.0. The molecule has 3 heterocycles. The average Bonchev–Trinajstić information content (AvgIpc) is 3.23. The summed E-state index contributed by atoms with van der Waals surface area (Å²) in [5.41, 5.74) is 0.704. The van der Waals surface area contributed by atoms with E-state index in [0.29, 0.717) is 22.5 Å². The maximum atomic E-state index is 13.7. The number of methoxy groups -OCH3 is 1. The van der Waals surface area contributed by atoms with Crippen LogP contribution in [-0.4, -0.2) is 46.1 Å². The molecule has 0 aliphatic carbocycles. The van der Waals surface area contributed by atoms with Gasteiger partial charge in [-0.25, -0.2) is 9.78 Å². The van der Waals surface area contributed by atoms with E-state index in [1.807, 2.05) is 6.07 Å². The number of anilines is 1. The average molecular weight is 447 g/mol. The molecule has 8 nitrogen and oxygen atoms in total. The maximum absolute atomic E-state index is 13.7.